The Bertz CT molecular complexity index is 1500. The van der Waals surface area contributed by atoms with Crippen molar-refractivity contribution in [3.63, 3.8) is 0 Å². The van der Waals surface area contributed by atoms with Crippen LogP contribution in [0.1, 0.15) is 45.2 Å². The van der Waals surface area contributed by atoms with Gasteiger partial charge in [-0.25, -0.2) is 4.79 Å². The molecule has 1 spiro atoms. The van der Waals surface area contributed by atoms with Crippen LogP contribution in [-0.2, 0) is 59.5 Å². The summed E-state index contributed by atoms with van der Waals surface area (Å²) in [4.78, 5) is 64.2. The summed E-state index contributed by atoms with van der Waals surface area (Å²) in [7, 11) is 3.28. The van der Waals surface area contributed by atoms with Gasteiger partial charge in [0.1, 0.15) is 11.5 Å². The summed E-state index contributed by atoms with van der Waals surface area (Å²) in [5.41, 5.74) is 0.641. The molecule has 3 aliphatic heterocycles. The molecule has 46 heavy (non-hydrogen) atoms. The summed E-state index contributed by atoms with van der Waals surface area (Å²) in [5, 5.41) is -0.423. The number of esters is 5. The lowest BCUT2D eigenvalue weighted by atomic mass is 9.53. The number of nitrogens with zero attached hydrogens (tertiary/aromatic N) is 1. The zero-order valence-corrected chi connectivity index (χ0v) is 27.2. The zero-order chi connectivity index (χ0) is 33.1. The predicted molar refractivity (Wildman–Crippen MR) is 160 cm³/mol. The third-order valence-corrected chi connectivity index (χ3v) is 10.9. The number of likely N-dealkylation sites (tertiary alicyclic amines) is 1. The first kappa shape index (κ1) is 32.3. The van der Waals surface area contributed by atoms with Crippen LogP contribution in [0.2, 0.25) is 0 Å². The van der Waals surface area contributed by atoms with Crippen molar-refractivity contribution >= 4 is 41.6 Å². The van der Waals surface area contributed by atoms with Crippen LogP contribution >= 0.6 is 11.8 Å². The third-order valence-electron chi connectivity index (χ3n) is 9.49. The van der Waals surface area contributed by atoms with Gasteiger partial charge in [-0.15, -0.1) is 11.8 Å². The van der Waals surface area contributed by atoms with Crippen LogP contribution in [0.3, 0.4) is 0 Å². The largest absolute Gasteiger partial charge is 0.484 e. The molecule has 0 saturated carbocycles. The predicted octanol–water partition coefficient (Wildman–Crippen LogP) is 1.85. The van der Waals surface area contributed by atoms with E-state index >= 15 is 0 Å². The molecule has 13 nitrogen and oxygen atoms in total. The average Bonchev–Trinajstić information content (AvgIpc) is 3.33. The highest BCUT2D eigenvalue weighted by Gasteiger charge is 2.65. The van der Waals surface area contributed by atoms with Gasteiger partial charge >= 0.3 is 29.8 Å². The Morgan fingerprint density at radius 1 is 0.913 bits per heavy atom. The number of piperidine rings is 1. The minimum absolute atomic E-state index is 0.107. The summed E-state index contributed by atoms with van der Waals surface area (Å²) in [6.45, 7) is 5.65. The number of ether oxygens (including phenoxy) is 7. The maximum Gasteiger partial charge on any atom is 0.339 e. The number of methoxy groups -OCH3 is 1. The van der Waals surface area contributed by atoms with Crippen LogP contribution in [0.4, 0.5) is 0 Å². The van der Waals surface area contributed by atoms with E-state index in [0.29, 0.717) is 11.5 Å². The fourth-order valence-electron chi connectivity index (χ4n) is 7.91. The van der Waals surface area contributed by atoms with Gasteiger partial charge in [0.05, 0.1) is 12.4 Å². The van der Waals surface area contributed by atoms with Crippen LogP contribution in [0.5, 0.6) is 11.5 Å². The first-order chi connectivity index (χ1) is 21.8. The fraction of sp³-hybridized carbons (Fsp3) is 0.594. The smallest absolute Gasteiger partial charge is 0.339 e. The SMILES string of the molecule is COC(=O)[C@H]1O[C@@H](SC2C=CC3C4Cc5ccc(OC(C)=O)c6c5C3(CCN4C)C2O6)[C@H](OC(C)=O)[C@@H](OC(C)=O)[C@@H]1OC(C)=O. The molecule has 2 aliphatic carbocycles. The summed E-state index contributed by atoms with van der Waals surface area (Å²) >= 11 is 1.24. The lowest BCUT2D eigenvalue weighted by molar-refractivity contribution is -0.235. The Kier molecular flexibility index (Phi) is 8.57. The Hall–Kier alpha value is -3.62. The molecule has 2 fully saturated rings. The molecule has 0 aromatic heterocycles. The molecular formula is C32H37NO12S. The fourth-order valence-corrected chi connectivity index (χ4v) is 9.39. The molecule has 14 heteroatoms. The minimum atomic E-state index is -1.49. The number of likely N-dealkylation sites (N-methyl/N-ethyl adjacent to an activating group) is 1. The van der Waals surface area contributed by atoms with Gasteiger partial charge in [0.25, 0.3) is 0 Å². The van der Waals surface area contributed by atoms with E-state index in [9.17, 15) is 24.0 Å². The number of carbonyl (C=O) groups is 5. The number of hydrogen-bond donors (Lipinski definition) is 0. The number of carbonyl (C=O) groups excluding carboxylic acids is 5. The zero-order valence-electron chi connectivity index (χ0n) is 26.4. The molecule has 0 radical (unpaired) electrons. The van der Waals surface area contributed by atoms with E-state index in [-0.39, 0.29) is 12.0 Å². The van der Waals surface area contributed by atoms with E-state index in [2.05, 4.69) is 18.0 Å². The molecule has 3 heterocycles. The maximum absolute atomic E-state index is 13.0. The molecule has 0 N–H and O–H groups in total. The van der Waals surface area contributed by atoms with Crippen molar-refractivity contribution in [1.29, 1.82) is 0 Å². The quantitative estimate of drug-likeness (QED) is 0.181. The standard InChI is InChI=1S/C32H37NO12S/c1-14(34)40-21-9-7-18-13-20-19-8-10-22(29-32(19,11-12-33(20)5)23(18)24(21)44-29)46-31-28(43-17(4)37)26(42-16(3)36)25(41-15(2)35)27(45-31)30(38)39-6/h7-10,19-20,22,25-29,31H,11-13H2,1-6H3/t19?,20?,22?,25-,26-,27-,28+,29?,31-,32?/m0/s1. The average molecular weight is 660 g/mol. The summed E-state index contributed by atoms with van der Waals surface area (Å²) in [5.74, 6) is -2.52. The monoisotopic (exact) mass is 659 g/mol. The van der Waals surface area contributed by atoms with Crippen LogP contribution in [0, 0.1) is 5.92 Å². The maximum atomic E-state index is 13.0. The van der Waals surface area contributed by atoms with Crippen molar-refractivity contribution in [3.05, 3.63) is 35.4 Å². The van der Waals surface area contributed by atoms with E-state index in [1.807, 2.05) is 12.1 Å². The number of thioether (sulfide) groups is 1. The van der Waals surface area contributed by atoms with Gasteiger partial charge in [0.15, 0.2) is 35.9 Å². The van der Waals surface area contributed by atoms with Crippen molar-refractivity contribution in [2.45, 2.75) is 93.2 Å². The first-order valence-corrected chi connectivity index (χ1v) is 16.1. The number of hydrogen-bond acceptors (Lipinski definition) is 14. The second-order valence-electron chi connectivity index (χ2n) is 12.3. The molecule has 1 aromatic rings. The Morgan fingerprint density at radius 3 is 2.24 bits per heavy atom. The normalized spacial score (nSPS) is 35.2. The number of benzene rings is 1. The lowest BCUT2D eigenvalue weighted by Crippen LogP contribution is -2.65. The van der Waals surface area contributed by atoms with Gasteiger partial charge in [-0.2, -0.15) is 0 Å². The summed E-state index contributed by atoms with van der Waals surface area (Å²) < 4.78 is 40.3. The number of rotatable bonds is 7. The molecule has 1 aromatic carbocycles. The highest BCUT2D eigenvalue weighted by molar-refractivity contribution is 8.00. The van der Waals surface area contributed by atoms with Crippen LogP contribution in [0.25, 0.3) is 0 Å². The van der Waals surface area contributed by atoms with Crippen molar-refractivity contribution in [2.24, 2.45) is 5.92 Å². The molecule has 2 saturated heterocycles. The Balaban J connectivity index is 1.42. The van der Waals surface area contributed by atoms with Crippen LogP contribution in [-0.4, -0.2) is 103 Å². The Labute approximate surface area is 270 Å². The molecule has 6 rings (SSSR count). The lowest BCUT2D eigenvalue weighted by Gasteiger charge is -2.57. The highest BCUT2D eigenvalue weighted by atomic mass is 32.2. The van der Waals surface area contributed by atoms with Crippen molar-refractivity contribution < 1.29 is 57.1 Å². The summed E-state index contributed by atoms with van der Waals surface area (Å²) in [6.07, 6.45) is -0.236. The van der Waals surface area contributed by atoms with Crippen molar-refractivity contribution in [1.82, 2.24) is 4.90 Å². The van der Waals surface area contributed by atoms with E-state index in [4.69, 9.17) is 33.2 Å². The summed E-state index contributed by atoms with van der Waals surface area (Å²) in [6, 6.07) is 4.01. The highest BCUT2D eigenvalue weighted by Crippen LogP contribution is 2.64. The molecular weight excluding hydrogens is 622 g/mol. The topological polar surface area (TPSA) is 153 Å². The van der Waals surface area contributed by atoms with Crippen molar-refractivity contribution in [2.75, 3.05) is 20.7 Å². The van der Waals surface area contributed by atoms with Gasteiger partial charge in [0.2, 0.25) is 0 Å². The minimum Gasteiger partial charge on any atom is -0.484 e. The van der Waals surface area contributed by atoms with Gasteiger partial charge in [-0.05, 0) is 38.1 Å². The molecule has 0 amide bonds. The van der Waals surface area contributed by atoms with E-state index < -0.39 is 76.5 Å². The van der Waals surface area contributed by atoms with E-state index in [1.54, 1.807) is 6.07 Å². The Morgan fingerprint density at radius 2 is 1.59 bits per heavy atom. The molecule has 10 atom stereocenters. The van der Waals surface area contributed by atoms with E-state index in [1.165, 1.54) is 25.6 Å². The van der Waals surface area contributed by atoms with Gasteiger partial charge in [-0.3, -0.25) is 19.2 Å². The molecule has 248 valence electrons. The second-order valence-corrected chi connectivity index (χ2v) is 13.6. The van der Waals surface area contributed by atoms with Gasteiger partial charge in [0, 0.05) is 50.6 Å². The van der Waals surface area contributed by atoms with E-state index in [0.717, 1.165) is 51.5 Å². The molecule has 2 bridgehead atoms. The van der Waals surface area contributed by atoms with Crippen LogP contribution < -0.4 is 9.47 Å². The second kappa shape index (κ2) is 12.2. The van der Waals surface area contributed by atoms with Gasteiger partial charge < -0.3 is 38.1 Å². The first-order valence-electron chi connectivity index (χ1n) is 15.2. The molecule has 5 unspecified atom stereocenters. The van der Waals surface area contributed by atoms with Crippen molar-refractivity contribution in [3.8, 4) is 11.5 Å². The van der Waals surface area contributed by atoms with Gasteiger partial charge in [-0.1, -0.05) is 18.2 Å². The third kappa shape index (κ3) is 5.33. The van der Waals surface area contributed by atoms with Crippen LogP contribution in [0.15, 0.2) is 24.3 Å². The molecule has 5 aliphatic rings.